The molecule has 0 amide bonds. The third-order valence-corrected chi connectivity index (χ3v) is 5.12. The number of Topliss-reactive ketones (excluding diaryl/α,β-unsaturated/α-hetero) is 1. The predicted octanol–water partition coefficient (Wildman–Crippen LogP) is 1.68. The Hall–Kier alpha value is -1.42. The lowest BCUT2D eigenvalue weighted by molar-refractivity contribution is -0.142. The average Bonchev–Trinajstić information content (AvgIpc) is 2.59. The molecule has 1 unspecified atom stereocenters. The van der Waals surface area contributed by atoms with E-state index in [1.807, 2.05) is 0 Å². The molecular formula is C15H18O4. The molecule has 19 heavy (non-hydrogen) atoms. The highest BCUT2D eigenvalue weighted by Crippen LogP contribution is 2.56. The van der Waals surface area contributed by atoms with E-state index in [9.17, 15) is 14.7 Å². The fraction of sp³-hybridized carbons (Fsp3) is 0.600. The molecule has 3 atom stereocenters. The highest BCUT2D eigenvalue weighted by Gasteiger charge is 2.60. The molecule has 1 heterocycles. The van der Waals surface area contributed by atoms with Gasteiger partial charge in [0.25, 0.3) is 0 Å². The van der Waals surface area contributed by atoms with Crippen LogP contribution in [-0.2, 0) is 14.3 Å². The van der Waals surface area contributed by atoms with Crippen LogP contribution < -0.4 is 0 Å². The summed E-state index contributed by atoms with van der Waals surface area (Å²) >= 11 is 0. The van der Waals surface area contributed by atoms with Gasteiger partial charge in [0.1, 0.15) is 5.60 Å². The van der Waals surface area contributed by atoms with Gasteiger partial charge in [-0.3, -0.25) is 4.79 Å². The molecule has 4 heteroatoms. The van der Waals surface area contributed by atoms with E-state index in [1.54, 1.807) is 6.92 Å². The number of hydrogen-bond acceptors (Lipinski definition) is 4. The molecule has 1 aliphatic heterocycles. The molecule has 1 saturated heterocycles. The summed E-state index contributed by atoms with van der Waals surface area (Å²) in [7, 11) is 0. The quantitative estimate of drug-likeness (QED) is 0.533. The number of hydrogen-bond donors (Lipinski definition) is 1. The topological polar surface area (TPSA) is 63.6 Å². The van der Waals surface area contributed by atoms with Gasteiger partial charge >= 0.3 is 5.97 Å². The summed E-state index contributed by atoms with van der Waals surface area (Å²) in [4.78, 5) is 23.7. The highest BCUT2D eigenvalue weighted by molar-refractivity contribution is 5.98. The zero-order valence-corrected chi connectivity index (χ0v) is 11.3. The van der Waals surface area contributed by atoms with Crippen molar-refractivity contribution in [2.75, 3.05) is 0 Å². The lowest BCUT2D eigenvalue weighted by Gasteiger charge is -2.48. The van der Waals surface area contributed by atoms with Crippen LogP contribution in [0.5, 0.6) is 0 Å². The molecule has 0 aromatic carbocycles. The minimum Gasteiger partial charge on any atom is -0.451 e. The Morgan fingerprint density at radius 1 is 1.32 bits per heavy atom. The second kappa shape index (κ2) is 3.57. The minimum atomic E-state index is -1.33. The third-order valence-electron chi connectivity index (χ3n) is 5.12. The number of carbonyl (C=O) groups excluding carboxylic acids is 2. The molecule has 1 saturated carbocycles. The normalized spacial score (nSPS) is 42.1. The molecule has 2 fully saturated rings. The number of esters is 1. The summed E-state index contributed by atoms with van der Waals surface area (Å²) < 4.78 is 5.34. The summed E-state index contributed by atoms with van der Waals surface area (Å²) in [6, 6.07) is 0. The maximum atomic E-state index is 11.9. The first-order valence-electron chi connectivity index (χ1n) is 6.67. The minimum absolute atomic E-state index is 0.0882. The Kier molecular flexibility index (Phi) is 2.37. The van der Waals surface area contributed by atoms with Crippen LogP contribution in [0.2, 0.25) is 0 Å². The molecule has 0 aromatic rings. The van der Waals surface area contributed by atoms with Crippen molar-refractivity contribution in [3.05, 3.63) is 23.3 Å². The van der Waals surface area contributed by atoms with Gasteiger partial charge in [-0.1, -0.05) is 13.5 Å². The van der Waals surface area contributed by atoms with E-state index in [-0.39, 0.29) is 16.8 Å². The molecule has 0 aromatic heterocycles. The van der Waals surface area contributed by atoms with E-state index < -0.39 is 17.7 Å². The fourth-order valence-electron chi connectivity index (χ4n) is 3.74. The van der Waals surface area contributed by atoms with E-state index in [0.717, 1.165) is 18.4 Å². The van der Waals surface area contributed by atoms with Gasteiger partial charge in [0.15, 0.2) is 11.9 Å². The molecule has 3 aliphatic rings. The summed E-state index contributed by atoms with van der Waals surface area (Å²) in [5.74, 6) is -0.458. The summed E-state index contributed by atoms with van der Waals surface area (Å²) in [5.41, 5.74) is 0.103. The number of ketones is 1. The van der Waals surface area contributed by atoms with Crippen LogP contribution >= 0.6 is 0 Å². The smallest absolute Gasteiger partial charge is 0.337 e. The van der Waals surface area contributed by atoms with Crippen molar-refractivity contribution in [2.45, 2.75) is 51.2 Å². The largest absolute Gasteiger partial charge is 0.451 e. The molecule has 1 N–H and O–H groups in total. The van der Waals surface area contributed by atoms with E-state index in [2.05, 4.69) is 13.5 Å². The Bertz CT molecular complexity index is 544. The molecule has 0 radical (unpaired) electrons. The Morgan fingerprint density at radius 3 is 2.68 bits per heavy atom. The first-order chi connectivity index (χ1) is 8.79. The van der Waals surface area contributed by atoms with Gasteiger partial charge in [-0.15, -0.1) is 0 Å². The number of aliphatic hydroxyl groups is 1. The van der Waals surface area contributed by atoms with Crippen molar-refractivity contribution in [1.29, 1.82) is 0 Å². The zero-order valence-electron chi connectivity index (χ0n) is 11.3. The van der Waals surface area contributed by atoms with Crippen molar-refractivity contribution < 1.29 is 19.4 Å². The lowest BCUT2D eigenvalue weighted by Crippen LogP contribution is -2.51. The van der Waals surface area contributed by atoms with Gasteiger partial charge in [0.05, 0.1) is 5.57 Å². The molecule has 0 spiro atoms. The van der Waals surface area contributed by atoms with E-state index in [0.29, 0.717) is 18.4 Å². The van der Waals surface area contributed by atoms with Gasteiger partial charge in [0.2, 0.25) is 0 Å². The van der Waals surface area contributed by atoms with E-state index >= 15 is 0 Å². The predicted molar refractivity (Wildman–Crippen MR) is 68.3 cm³/mol. The van der Waals surface area contributed by atoms with Gasteiger partial charge in [-0.2, -0.15) is 0 Å². The monoisotopic (exact) mass is 262 g/mol. The maximum Gasteiger partial charge on any atom is 0.337 e. The molecule has 102 valence electrons. The molecule has 4 nitrogen and oxygen atoms in total. The molecule has 3 rings (SSSR count). The van der Waals surface area contributed by atoms with Crippen LogP contribution in [0.4, 0.5) is 0 Å². The zero-order chi connectivity index (χ0) is 14.0. The molecule has 2 aliphatic carbocycles. The second-order valence-corrected chi connectivity index (χ2v) is 6.21. The van der Waals surface area contributed by atoms with Gasteiger partial charge in [0, 0.05) is 6.42 Å². The standard InChI is InChI=1S/C15H18O4/c1-8-10(16)4-5-14(3)6-7-15(18)9(2)13(17)19-12(15)11(8)14/h12,18H,2,4-7H2,1,3H3/t12?,14-,15-/m1/s1. The Labute approximate surface area is 112 Å². The van der Waals surface area contributed by atoms with E-state index in [4.69, 9.17) is 4.74 Å². The SMILES string of the molecule is C=C1C(=O)OC2C3=C(C)C(=O)CC[C@]3(C)CC[C@@]12O. The van der Waals surface area contributed by atoms with Crippen LogP contribution in [0.15, 0.2) is 23.3 Å². The first kappa shape index (κ1) is 12.6. The van der Waals surface area contributed by atoms with Crippen molar-refractivity contribution in [3.8, 4) is 0 Å². The molecular weight excluding hydrogens is 244 g/mol. The van der Waals surface area contributed by atoms with Crippen molar-refractivity contribution in [2.24, 2.45) is 5.41 Å². The third kappa shape index (κ3) is 1.43. The van der Waals surface area contributed by atoms with Crippen LogP contribution in [0, 0.1) is 5.41 Å². The summed E-state index contributed by atoms with van der Waals surface area (Å²) in [6.07, 6.45) is 1.77. The van der Waals surface area contributed by atoms with Crippen LogP contribution in [-0.4, -0.2) is 28.6 Å². The van der Waals surface area contributed by atoms with Gasteiger partial charge < -0.3 is 9.84 Å². The number of allylic oxidation sites excluding steroid dienone is 1. The first-order valence-corrected chi connectivity index (χ1v) is 6.67. The maximum absolute atomic E-state index is 11.9. The van der Waals surface area contributed by atoms with Crippen molar-refractivity contribution >= 4 is 11.8 Å². The lowest BCUT2D eigenvalue weighted by atomic mass is 9.58. The number of fused-ring (bicyclic) bond motifs is 3. The van der Waals surface area contributed by atoms with Crippen molar-refractivity contribution in [3.63, 3.8) is 0 Å². The van der Waals surface area contributed by atoms with Crippen LogP contribution in [0.25, 0.3) is 0 Å². The average molecular weight is 262 g/mol. The van der Waals surface area contributed by atoms with Gasteiger partial charge in [-0.25, -0.2) is 4.79 Å². The van der Waals surface area contributed by atoms with Crippen LogP contribution in [0.1, 0.15) is 39.5 Å². The Balaban J connectivity index is 2.18. The van der Waals surface area contributed by atoms with E-state index in [1.165, 1.54) is 0 Å². The highest BCUT2D eigenvalue weighted by atomic mass is 16.6. The number of rotatable bonds is 0. The fourth-order valence-corrected chi connectivity index (χ4v) is 3.74. The Morgan fingerprint density at radius 2 is 2.00 bits per heavy atom. The van der Waals surface area contributed by atoms with Gasteiger partial charge in [-0.05, 0) is 42.7 Å². The number of ether oxygens (including phenoxy) is 1. The number of carbonyl (C=O) groups is 2. The summed E-state index contributed by atoms with van der Waals surface area (Å²) in [6.45, 7) is 7.53. The van der Waals surface area contributed by atoms with Crippen LogP contribution in [0.3, 0.4) is 0 Å². The summed E-state index contributed by atoms with van der Waals surface area (Å²) in [5, 5.41) is 10.7. The molecule has 0 bridgehead atoms. The van der Waals surface area contributed by atoms with Crippen molar-refractivity contribution in [1.82, 2.24) is 0 Å². The second-order valence-electron chi connectivity index (χ2n) is 6.21.